The number of amides is 1. The van der Waals surface area contributed by atoms with Gasteiger partial charge in [0, 0.05) is 7.05 Å². The molecule has 22 heavy (non-hydrogen) atoms. The molecule has 1 amide bonds. The Morgan fingerprint density at radius 3 is 3.00 bits per heavy atom. The second kappa shape index (κ2) is 5.35. The molecular weight excluding hydrogens is 290 g/mol. The summed E-state index contributed by atoms with van der Waals surface area (Å²) < 4.78 is 7.72. The van der Waals surface area contributed by atoms with Gasteiger partial charge in [-0.2, -0.15) is 0 Å². The summed E-state index contributed by atoms with van der Waals surface area (Å²) in [5.41, 5.74) is -0.720. The summed E-state index contributed by atoms with van der Waals surface area (Å²) in [7, 11) is 1.49. The molecule has 0 radical (unpaired) electrons. The van der Waals surface area contributed by atoms with E-state index in [4.69, 9.17) is 4.42 Å². The van der Waals surface area contributed by atoms with Gasteiger partial charge in [0.15, 0.2) is 11.2 Å². The van der Waals surface area contributed by atoms with E-state index in [2.05, 4.69) is 15.3 Å². The lowest BCUT2D eigenvalue weighted by Gasteiger charge is -2.05. The van der Waals surface area contributed by atoms with E-state index in [0.717, 1.165) is 0 Å². The van der Waals surface area contributed by atoms with Gasteiger partial charge in [-0.25, -0.2) is 9.78 Å². The number of H-pyrrole nitrogens is 1. The van der Waals surface area contributed by atoms with Crippen molar-refractivity contribution in [3.63, 3.8) is 0 Å². The fourth-order valence-electron chi connectivity index (χ4n) is 2.11. The number of aromatic amines is 1. The summed E-state index contributed by atoms with van der Waals surface area (Å²) in [6, 6.07) is 3.47. The molecule has 114 valence electrons. The number of hydrogen-bond donors (Lipinski definition) is 2. The molecule has 0 unspecified atom stereocenters. The third-order valence-corrected chi connectivity index (χ3v) is 3.23. The van der Waals surface area contributed by atoms with E-state index < -0.39 is 11.2 Å². The lowest BCUT2D eigenvalue weighted by Crippen LogP contribution is -2.31. The number of furan rings is 1. The van der Waals surface area contributed by atoms with Crippen molar-refractivity contribution in [3.8, 4) is 0 Å². The van der Waals surface area contributed by atoms with Crippen LogP contribution < -0.4 is 16.6 Å². The highest BCUT2D eigenvalue weighted by Crippen LogP contribution is 2.04. The molecule has 0 spiro atoms. The van der Waals surface area contributed by atoms with Gasteiger partial charge < -0.3 is 14.3 Å². The van der Waals surface area contributed by atoms with Crippen molar-refractivity contribution in [1.82, 2.24) is 24.4 Å². The topological polar surface area (TPSA) is 115 Å². The summed E-state index contributed by atoms with van der Waals surface area (Å²) in [5.74, 6) is 0.327. The molecular formula is C13H13N5O4. The third kappa shape index (κ3) is 2.43. The number of aryl methyl sites for hydroxylation is 1. The maximum atomic E-state index is 11.9. The second-order valence-electron chi connectivity index (χ2n) is 4.72. The Kier molecular flexibility index (Phi) is 3.37. The molecule has 9 nitrogen and oxygen atoms in total. The van der Waals surface area contributed by atoms with Crippen LogP contribution in [-0.4, -0.2) is 25.0 Å². The summed E-state index contributed by atoms with van der Waals surface area (Å²) in [6.07, 6.45) is 2.87. The molecule has 3 rings (SSSR count). The Balaban J connectivity index is 1.82. The Bertz CT molecular complexity index is 932. The fraction of sp³-hybridized carbons (Fsp3) is 0.231. The molecule has 3 heterocycles. The molecule has 3 aromatic heterocycles. The van der Waals surface area contributed by atoms with Crippen LogP contribution in [0.3, 0.4) is 0 Å². The predicted octanol–water partition coefficient (Wildman–Crippen LogP) is -0.667. The van der Waals surface area contributed by atoms with E-state index in [-0.39, 0.29) is 30.2 Å². The number of fused-ring (bicyclic) bond motifs is 1. The van der Waals surface area contributed by atoms with Crippen LogP contribution in [0.25, 0.3) is 11.2 Å². The van der Waals surface area contributed by atoms with Gasteiger partial charge in [-0.1, -0.05) is 0 Å². The van der Waals surface area contributed by atoms with Gasteiger partial charge in [-0.15, -0.1) is 0 Å². The maximum Gasteiger partial charge on any atom is 0.329 e. The molecule has 0 aliphatic carbocycles. The minimum atomic E-state index is -0.575. The molecule has 2 N–H and O–H groups in total. The number of rotatable bonds is 4. The molecule has 9 heteroatoms. The van der Waals surface area contributed by atoms with Crippen LogP contribution in [0.4, 0.5) is 0 Å². The molecule has 0 aliphatic heterocycles. The molecule has 0 bridgehead atoms. The van der Waals surface area contributed by atoms with Crippen LogP contribution in [0, 0.1) is 0 Å². The minimum Gasteiger partial charge on any atom is -0.467 e. The Morgan fingerprint density at radius 1 is 1.45 bits per heavy atom. The van der Waals surface area contributed by atoms with Crippen molar-refractivity contribution < 1.29 is 9.21 Å². The smallest absolute Gasteiger partial charge is 0.329 e. The van der Waals surface area contributed by atoms with Crippen LogP contribution in [0.2, 0.25) is 0 Å². The molecule has 0 atom stereocenters. The molecule has 0 aromatic carbocycles. The number of carbonyl (C=O) groups excluding carboxylic acids is 1. The quantitative estimate of drug-likeness (QED) is 0.663. The van der Waals surface area contributed by atoms with Crippen LogP contribution in [0.1, 0.15) is 5.76 Å². The van der Waals surface area contributed by atoms with E-state index in [1.807, 2.05) is 0 Å². The average Bonchev–Trinajstić information content (AvgIpc) is 3.12. The van der Waals surface area contributed by atoms with E-state index in [1.54, 1.807) is 12.1 Å². The first-order valence-corrected chi connectivity index (χ1v) is 6.49. The number of carbonyl (C=O) groups is 1. The summed E-state index contributed by atoms with van der Waals surface area (Å²) in [5, 5.41) is 2.67. The Morgan fingerprint density at radius 2 is 2.27 bits per heavy atom. The van der Waals surface area contributed by atoms with Crippen LogP contribution in [0.15, 0.2) is 38.7 Å². The Hall–Kier alpha value is -3.10. The monoisotopic (exact) mass is 303 g/mol. The third-order valence-electron chi connectivity index (χ3n) is 3.23. The van der Waals surface area contributed by atoms with Crippen molar-refractivity contribution in [3.05, 3.63) is 51.3 Å². The lowest BCUT2D eigenvalue weighted by molar-refractivity contribution is -0.121. The number of hydrogen-bond acceptors (Lipinski definition) is 5. The average molecular weight is 303 g/mol. The SMILES string of the molecule is Cn1c(=O)[nH]c(=O)c2c1ncn2CC(=O)NCc1ccco1. The summed E-state index contributed by atoms with van der Waals surface area (Å²) in [6.45, 7) is 0.172. The van der Waals surface area contributed by atoms with Crippen molar-refractivity contribution in [2.75, 3.05) is 0 Å². The highest BCUT2D eigenvalue weighted by atomic mass is 16.3. The zero-order valence-electron chi connectivity index (χ0n) is 11.7. The first kappa shape index (κ1) is 13.9. The number of imidazole rings is 1. The molecule has 0 saturated carbocycles. The van der Waals surface area contributed by atoms with Crippen molar-refractivity contribution >= 4 is 17.1 Å². The lowest BCUT2D eigenvalue weighted by atomic mass is 10.4. The van der Waals surface area contributed by atoms with Crippen molar-refractivity contribution in [2.24, 2.45) is 7.05 Å². The number of nitrogens with zero attached hydrogens (tertiary/aromatic N) is 3. The van der Waals surface area contributed by atoms with Crippen molar-refractivity contribution in [2.45, 2.75) is 13.1 Å². The standard InChI is InChI=1S/C13H13N5O4/c1-17-11-10(12(20)16-13(17)21)18(7-15-11)6-9(19)14-5-8-3-2-4-22-8/h2-4,7H,5-6H2,1H3,(H,14,19)(H,16,20,21). The van der Waals surface area contributed by atoms with Gasteiger partial charge in [-0.3, -0.25) is 19.1 Å². The first-order chi connectivity index (χ1) is 10.6. The van der Waals surface area contributed by atoms with Gasteiger partial charge in [0.05, 0.1) is 19.1 Å². The predicted molar refractivity (Wildman–Crippen MR) is 76.1 cm³/mol. The zero-order chi connectivity index (χ0) is 15.7. The van der Waals surface area contributed by atoms with Crippen LogP contribution in [-0.2, 0) is 24.9 Å². The van der Waals surface area contributed by atoms with Crippen LogP contribution >= 0.6 is 0 Å². The normalized spacial score (nSPS) is 11.0. The van der Waals surface area contributed by atoms with Gasteiger partial charge in [0.25, 0.3) is 5.56 Å². The van der Waals surface area contributed by atoms with Gasteiger partial charge in [-0.05, 0) is 12.1 Å². The first-order valence-electron chi connectivity index (χ1n) is 6.49. The van der Waals surface area contributed by atoms with Crippen molar-refractivity contribution in [1.29, 1.82) is 0 Å². The van der Waals surface area contributed by atoms with Gasteiger partial charge >= 0.3 is 5.69 Å². The highest BCUT2D eigenvalue weighted by Gasteiger charge is 2.13. The van der Waals surface area contributed by atoms with E-state index >= 15 is 0 Å². The Labute approximate surface area is 123 Å². The summed E-state index contributed by atoms with van der Waals surface area (Å²) >= 11 is 0. The number of aromatic nitrogens is 4. The van der Waals surface area contributed by atoms with Gasteiger partial charge in [0.1, 0.15) is 12.3 Å². The fourth-order valence-corrected chi connectivity index (χ4v) is 2.11. The van der Waals surface area contributed by atoms with Gasteiger partial charge in [0.2, 0.25) is 5.91 Å². The second-order valence-corrected chi connectivity index (χ2v) is 4.72. The van der Waals surface area contributed by atoms with E-state index in [0.29, 0.717) is 5.76 Å². The highest BCUT2D eigenvalue weighted by molar-refractivity contribution is 5.78. The molecule has 3 aromatic rings. The zero-order valence-corrected chi connectivity index (χ0v) is 11.7. The molecule has 0 saturated heterocycles. The maximum absolute atomic E-state index is 11.9. The largest absolute Gasteiger partial charge is 0.467 e. The molecule has 0 aliphatic rings. The van der Waals surface area contributed by atoms with E-state index in [9.17, 15) is 14.4 Å². The van der Waals surface area contributed by atoms with E-state index in [1.165, 1.54) is 28.8 Å². The molecule has 0 fully saturated rings. The number of nitrogens with one attached hydrogen (secondary N) is 2. The van der Waals surface area contributed by atoms with Crippen LogP contribution in [0.5, 0.6) is 0 Å². The minimum absolute atomic E-state index is 0.0848. The summed E-state index contributed by atoms with van der Waals surface area (Å²) in [4.78, 5) is 41.5.